The molecule has 0 radical (unpaired) electrons. The summed E-state index contributed by atoms with van der Waals surface area (Å²) in [6.45, 7) is 3.90. The Kier molecular flexibility index (Phi) is 7.55. The van der Waals surface area contributed by atoms with Crippen LogP contribution in [0.2, 0.25) is 0 Å². The van der Waals surface area contributed by atoms with Gasteiger partial charge in [0.15, 0.2) is 0 Å². The highest BCUT2D eigenvalue weighted by molar-refractivity contribution is 14.1. The fourth-order valence-corrected chi connectivity index (χ4v) is 4.67. The van der Waals surface area contributed by atoms with Crippen molar-refractivity contribution in [3.8, 4) is 5.75 Å². The minimum atomic E-state index is -3.98. The molecule has 0 spiro atoms. The lowest BCUT2D eigenvalue weighted by molar-refractivity contribution is -0.114. The minimum absolute atomic E-state index is 0.0820. The number of anilines is 2. The van der Waals surface area contributed by atoms with Crippen LogP contribution in [0.15, 0.2) is 77.7 Å². The number of halogens is 1. The van der Waals surface area contributed by atoms with Gasteiger partial charge in [0.1, 0.15) is 12.3 Å². The molecule has 1 amide bonds. The summed E-state index contributed by atoms with van der Waals surface area (Å²) < 4.78 is 34.4. The summed E-state index contributed by atoms with van der Waals surface area (Å²) in [5, 5.41) is 2.76. The quantitative estimate of drug-likeness (QED) is 0.408. The number of aryl methyl sites for hydroxylation is 1. The highest BCUT2D eigenvalue weighted by Gasteiger charge is 2.27. The Labute approximate surface area is 196 Å². The summed E-state index contributed by atoms with van der Waals surface area (Å²) in [7, 11) is -3.98. The van der Waals surface area contributed by atoms with Crippen molar-refractivity contribution < 1.29 is 17.9 Å². The zero-order valence-corrected chi connectivity index (χ0v) is 20.2. The van der Waals surface area contributed by atoms with Crippen molar-refractivity contribution in [3.05, 3.63) is 81.9 Å². The fourth-order valence-electron chi connectivity index (χ4n) is 2.89. The number of ether oxygens (including phenoxy) is 1. The Morgan fingerprint density at radius 2 is 1.58 bits per heavy atom. The second kappa shape index (κ2) is 10.1. The summed E-state index contributed by atoms with van der Waals surface area (Å²) in [4.78, 5) is 12.8. The minimum Gasteiger partial charge on any atom is -0.494 e. The normalized spacial score (nSPS) is 11.1. The molecule has 0 heterocycles. The van der Waals surface area contributed by atoms with Gasteiger partial charge in [-0.1, -0.05) is 17.7 Å². The molecule has 6 nitrogen and oxygen atoms in total. The smallest absolute Gasteiger partial charge is 0.264 e. The highest BCUT2D eigenvalue weighted by Crippen LogP contribution is 2.26. The Morgan fingerprint density at radius 3 is 2.16 bits per heavy atom. The number of rotatable bonds is 8. The Balaban J connectivity index is 1.90. The predicted octanol–water partition coefficient (Wildman–Crippen LogP) is 4.83. The third kappa shape index (κ3) is 5.98. The van der Waals surface area contributed by atoms with E-state index in [1.807, 2.05) is 38.1 Å². The second-order valence-corrected chi connectivity index (χ2v) is 9.91. The number of sulfonamides is 1. The van der Waals surface area contributed by atoms with Crippen LogP contribution in [0, 0.1) is 10.5 Å². The first-order valence-corrected chi connectivity index (χ1v) is 12.2. The number of nitrogens with one attached hydrogen (secondary N) is 1. The molecule has 0 bridgehead atoms. The maximum absolute atomic E-state index is 13.4. The Bertz CT molecular complexity index is 1130. The molecular weight excluding hydrogens is 527 g/mol. The van der Waals surface area contributed by atoms with E-state index >= 15 is 0 Å². The van der Waals surface area contributed by atoms with E-state index in [0.29, 0.717) is 23.7 Å². The van der Waals surface area contributed by atoms with E-state index in [1.165, 1.54) is 12.1 Å². The molecule has 0 unspecified atom stereocenters. The van der Waals surface area contributed by atoms with Crippen LogP contribution >= 0.6 is 22.6 Å². The summed E-state index contributed by atoms with van der Waals surface area (Å²) >= 11 is 2.18. The van der Waals surface area contributed by atoms with Gasteiger partial charge in [0.05, 0.1) is 17.2 Å². The van der Waals surface area contributed by atoms with Gasteiger partial charge in [0.2, 0.25) is 5.91 Å². The number of amides is 1. The van der Waals surface area contributed by atoms with Crippen LogP contribution in [-0.2, 0) is 14.8 Å². The van der Waals surface area contributed by atoms with E-state index in [9.17, 15) is 13.2 Å². The first-order chi connectivity index (χ1) is 14.8. The van der Waals surface area contributed by atoms with Gasteiger partial charge in [-0.15, -0.1) is 0 Å². The molecule has 162 valence electrons. The standard InChI is InChI=1S/C23H23IN2O4S/c1-3-30-21-12-14-22(15-13-21)31(28,29)26(20-10-4-17(2)5-11-20)16-23(27)25-19-8-6-18(24)7-9-19/h4-15H,3,16H2,1-2H3,(H,25,27). The first kappa shape index (κ1) is 23.1. The van der Waals surface area contributed by atoms with Gasteiger partial charge in [-0.25, -0.2) is 8.42 Å². The molecule has 0 aromatic heterocycles. The largest absolute Gasteiger partial charge is 0.494 e. The summed E-state index contributed by atoms with van der Waals surface area (Å²) in [6, 6.07) is 20.5. The van der Waals surface area contributed by atoms with Crippen LogP contribution in [0.1, 0.15) is 12.5 Å². The van der Waals surface area contributed by atoms with Crippen molar-refractivity contribution >= 4 is 49.9 Å². The van der Waals surface area contributed by atoms with Gasteiger partial charge in [0.25, 0.3) is 10.0 Å². The molecule has 3 rings (SSSR count). The summed E-state index contributed by atoms with van der Waals surface area (Å²) in [5.41, 5.74) is 2.01. The lowest BCUT2D eigenvalue weighted by Gasteiger charge is -2.24. The lowest BCUT2D eigenvalue weighted by atomic mass is 10.2. The molecule has 8 heteroatoms. The molecule has 3 aromatic carbocycles. The van der Waals surface area contributed by atoms with Crippen LogP contribution in [0.3, 0.4) is 0 Å². The first-order valence-electron chi connectivity index (χ1n) is 9.67. The maximum atomic E-state index is 13.4. The van der Waals surface area contributed by atoms with E-state index < -0.39 is 15.9 Å². The monoisotopic (exact) mass is 550 g/mol. The molecule has 0 saturated heterocycles. The molecule has 1 N–H and O–H groups in total. The zero-order chi connectivity index (χ0) is 22.4. The zero-order valence-electron chi connectivity index (χ0n) is 17.2. The molecule has 0 fully saturated rings. The lowest BCUT2D eigenvalue weighted by Crippen LogP contribution is -2.38. The highest BCUT2D eigenvalue weighted by atomic mass is 127. The van der Waals surface area contributed by atoms with E-state index in [4.69, 9.17) is 4.74 Å². The van der Waals surface area contributed by atoms with E-state index in [0.717, 1.165) is 13.4 Å². The second-order valence-electron chi connectivity index (χ2n) is 6.81. The summed E-state index contributed by atoms with van der Waals surface area (Å²) in [5.74, 6) is 0.149. The number of carbonyl (C=O) groups excluding carboxylic acids is 1. The van der Waals surface area contributed by atoms with Gasteiger partial charge in [-0.05, 0) is 97.1 Å². The van der Waals surface area contributed by atoms with Crippen molar-refractivity contribution in [1.82, 2.24) is 0 Å². The van der Waals surface area contributed by atoms with Gasteiger partial charge in [0, 0.05) is 9.26 Å². The molecule has 0 aliphatic carbocycles. The predicted molar refractivity (Wildman–Crippen MR) is 131 cm³/mol. The fraction of sp³-hybridized carbons (Fsp3) is 0.174. The molecule has 0 aliphatic rings. The summed E-state index contributed by atoms with van der Waals surface area (Å²) in [6.07, 6.45) is 0. The molecular formula is C23H23IN2O4S. The van der Waals surface area contributed by atoms with Gasteiger partial charge in [-0.2, -0.15) is 0 Å². The van der Waals surface area contributed by atoms with Crippen LogP contribution in [0.5, 0.6) is 5.75 Å². The molecule has 0 saturated carbocycles. The Morgan fingerprint density at radius 1 is 0.968 bits per heavy atom. The van der Waals surface area contributed by atoms with E-state index in [2.05, 4.69) is 27.9 Å². The van der Waals surface area contributed by atoms with E-state index in [-0.39, 0.29) is 11.4 Å². The number of carbonyl (C=O) groups is 1. The molecule has 0 aliphatic heterocycles. The van der Waals surface area contributed by atoms with Crippen LogP contribution in [0.4, 0.5) is 11.4 Å². The van der Waals surface area contributed by atoms with Gasteiger partial charge in [-0.3, -0.25) is 9.10 Å². The number of hydrogen-bond donors (Lipinski definition) is 1. The molecule has 3 aromatic rings. The average Bonchev–Trinajstić information content (AvgIpc) is 2.75. The topological polar surface area (TPSA) is 75.7 Å². The average molecular weight is 550 g/mol. The molecule has 31 heavy (non-hydrogen) atoms. The SMILES string of the molecule is CCOc1ccc(S(=O)(=O)N(CC(=O)Nc2ccc(I)cc2)c2ccc(C)cc2)cc1. The third-order valence-corrected chi connectivity index (χ3v) is 6.97. The van der Waals surface area contributed by atoms with Crippen LogP contribution in [0.25, 0.3) is 0 Å². The number of hydrogen-bond acceptors (Lipinski definition) is 4. The van der Waals surface area contributed by atoms with Crippen LogP contribution in [-0.4, -0.2) is 27.5 Å². The van der Waals surface area contributed by atoms with Crippen molar-refractivity contribution in [2.24, 2.45) is 0 Å². The number of benzene rings is 3. The molecule has 0 atom stereocenters. The maximum Gasteiger partial charge on any atom is 0.264 e. The van der Waals surface area contributed by atoms with Crippen molar-refractivity contribution in [3.63, 3.8) is 0 Å². The third-order valence-electron chi connectivity index (χ3n) is 4.46. The number of nitrogens with zero attached hydrogens (tertiary/aromatic N) is 1. The van der Waals surface area contributed by atoms with Crippen LogP contribution < -0.4 is 14.4 Å². The van der Waals surface area contributed by atoms with E-state index in [1.54, 1.807) is 36.4 Å². The van der Waals surface area contributed by atoms with Crippen molar-refractivity contribution in [1.29, 1.82) is 0 Å². The van der Waals surface area contributed by atoms with Crippen molar-refractivity contribution in [2.45, 2.75) is 18.7 Å². The van der Waals surface area contributed by atoms with Gasteiger partial charge >= 0.3 is 0 Å². The van der Waals surface area contributed by atoms with Crippen molar-refractivity contribution in [2.75, 3.05) is 22.8 Å². The Hall–Kier alpha value is -2.59. The van der Waals surface area contributed by atoms with Gasteiger partial charge < -0.3 is 10.1 Å².